The largest absolute Gasteiger partial charge is 0.458 e. The predicted molar refractivity (Wildman–Crippen MR) is 138 cm³/mol. The Morgan fingerprint density at radius 2 is 1.84 bits per heavy atom. The molecule has 0 aromatic heterocycles. The Bertz CT molecular complexity index is 1080. The zero-order chi connectivity index (χ0) is 27.7. The van der Waals surface area contributed by atoms with E-state index in [0.717, 1.165) is 37.7 Å². The van der Waals surface area contributed by atoms with Gasteiger partial charge in [0.1, 0.15) is 23.6 Å². The molecular formula is C30H42O8. The van der Waals surface area contributed by atoms with E-state index >= 15 is 0 Å². The van der Waals surface area contributed by atoms with Gasteiger partial charge in [0.05, 0.1) is 6.61 Å². The first-order valence-corrected chi connectivity index (χ1v) is 14.0. The fraction of sp³-hybridized carbons (Fsp3) is 0.767. The number of Topliss-reactive ketones (excluding diaryl/α,β-unsaturated/α-hetero) is 2. The van der Waals surface area contributed by atoms with Crippen molar-refractivity contribution in [2.75, 3.05) is 13.2 Å². The number of carbonyl (C=O) groups excluding carboxylic acids is 3. The molecule has 1 spiro atoms. The molecule has 5 heterocycles. The molecule has 0 unspecified atom stereocenters. The zero-order valence-corrected chi connectivity index (χ0v) is 23.4. The monoisotopic (exact) mass is 530 g/mol. The van der Waals surface area contributed by atoms with Crippen molar-refractivity contribution in [2.45, 2.75) is 109 Å². The van der Waals surface area contributed by atoms with E-state index in [9.17, 15) is 19.5 Å². The molecule has 1 aliphatic carbocycles. The van der Waals surface area contributed by atoms with Crippen molar-refractivity contribution in [1.82, 2.24) is 0 Å². The van der Waals surface area contributed by atoms with Crippen molar-refractivity contribution in [3.8, 4) is 0 Å². The van der Waals surface area contributed by atoms with Crippen molar-refractivity contribution in [1.29, 1.82) is 0 Å². The molecule has 6 aliphatic rings. The Morgan fingerprint density at radius 1 is 1.11 bits per heavy atom. The third kappa shape index (κ3) is 4.14. The van der Waals surface area contributed by atoms with Crippen LogP contribution in [0, 0.1) is 23.2 Å². The highest BCUT2D eigenvalue weighted by Crippen LogP contribution is 2.58. The number of fused-ring (bicyclic) bond motifs is 2. The second-order valence-electron chi connectivity index (χ2n) is 13.4. The van der Waals surface area contributed by atoms with Gasteiger partial charge in [-0.1, -0.05) is 26.0 Å². The highest BCUT2D eigenvalue weighted by Gasteiger charge is 2.74. The molecule has 0 radical (unpaired) electrons. The van der Waals surface area contributed by atoms with E-state index in [0.29, 0.717) is 30.4 Å². The van der Waals surface area contributed by atoms with E-state index in [-0.39, 0.29) is 42.3 Å². The van der Waals surface area contributed by atoms with E-state index in [1.54, 1.807) is 19.9 Å². The van der Waals surface area contributed by atoms with Crippen LogP contribution in [-0.2, 0) is 33.3 Å². The van der Waals surface area contributed by atoms with Gasteiger partial charge in [0.15, 0.2) is 5.78 Å². The number of ether oxygens (including phenoxy) is 4. The average Bonchev–Trinajstić information content (AvgIpc) is 3.20. The third-order valence-corrected chi connectivity index (χ3v) is 10.2. The molecule has 5 fully saturated rings. The molecule has 5 aliphatic heterocycles. The van der Waals surface area contributed by atoms with Crippen LogP contribution < -0.4 is 0 Å². The molecule has 0 aromatic rings. The summed E-state index contributed by atoms with van der Waals surface area (Å²) in [6, 6.07) is 0. The summed E-state index contributed by atoms with van der Waals surface area (Å²) >= 11 is 0. The topological polar surface area (TPSA) is 108 Å². The van der Waals surface area contributed by atoms with Crippen LogP contribution in [0.2, 0.25) is 0 Å². The Morgan fingerprint density at radius 3 is 2.45 bits per heavy atom. The molecule has 6 rings (SSSR count). The lowest BCUT2D eigenvalue weighted by molar-refractivity contribution is -0.496. The average molecular weight is 531 g/mol. The standard InChI is InChI=1S/C30H42O8/c1-18-7-9-21(26(2,3)24(18)22(31)15-20-12-14-35-25(20)33)10-8-19-11-13-29(36-17-19)28(6)16-23(32)30(34,38-29)27(4,5)37-28/h12,19,21,24,34H,1,7-11,13-17H2,2-6H3/t19-,21-,24+,28-,29-,30-/m0/s1. The van der Waals surface area contributed by atoms with Crippen molar-refractivity contribution < 1.29 is 38.4 Å². The van der Waals surface area contributed by atoms with E-state index in [2.05, 4.69) is 20.4 Å². The maximum absolute atomic E-state index is 13.3. The molecule has 6 atom stereocenters. The van der Waals surface area contributed by atoms with Gasteiger partial charge < -0.3 is 24.1 Å². The Kier molecular flexibility index (Phi) is 6.62. The number of esters is 1. The van der Waals surface area contributed by atoms with Crippen LogP contribution in [0.4, 0.5) is 0 Å². The van der Waals surface area contributed by atoms with Gasteiger partial charge in [0, 0.05) is 30.8 Å². The highest BCUT2D eigenvalue weighted by molar-refractivity contribution is 5.98. The number of aliphatic hydroxyl groups is 1. The van der Waals surface area contributed by atoms with Gasteiger partial charge in [0.2, 0.25) is 5.79 Å². The van der Waals surface area contributed by atoms with Crippen molar-refractivity contribution in [3.05, 3.63) is 23.8 Å². The van der Waals surface area contributed by atoms with Crippen LogP contribution in [0.5, 0.6) is 0 Å². The first kappa shape index (κ1) is 27.7. The number of cyclic esters (lactones) is 1. The van der Waals surface area contributed by atoms with Crippen LogP contribution in [-0.4, -0.2) is 58.6 Å². The molecule has 0 amide bonds. The van der Waals surface area contributed by atoms with Gasteiger partial charge in [-0.15, -0.1) is 0 Å². The Hall–Kier alpha value is -1.87. The molecule has 1 saturated carbocycles. The molecule has 8 heteroatoms. The summed E-state index contributed by atoms with van der Waals surface area (Å²) in [7, 11) is 0. The molecule has 0 aromatic carbocycles. The molecular weight excluding hydrogens is 488 g/mol. The van der Waals surface area contributed by atoms with Gasteiger partial charge in [-0.2, -0.15) is 0 Å². The second kappa shape index (κ2) is 9.08. The van der Waals surface area contributed by atoms with Crippen molar-refractivity contribution in [2.24, 2.45) is 23.2 Å². The summed E-state index contributed by atoms with van der Waals surface area (Å²) in [6.07, 6.45) is 6.93. The fourth-order valence-corrected chi connectivity index (χ4v) is 7.76. The number of hydrogen-bond acceptors (Lipinski definition) is 8. The van der Waals surface area contributed by atoms with E-state index in [1.807, 2.05) is 6.92 Å². The number of ketones is 2. The summed E-state index contributed by atoms with van der Waals surface area (Å²) in [4.78, 5) is 37.9. The van der Waals surface area contributed by atoms with Crippen LogP contribution in [0.15, 0.2) is 23.8 Å². The maximum Gasteiger partial charge on any atom is 0.334 e. The van der Waals surface area contributed by atoms with Gasteiger partial charge in [-0.05, 0) is 76.2 Å². The van der Waals surface area contributed by atoms with Gasteiger partial charge in [-0.25, -0.2) is 4.79 Å². The minimum Gasteiger partial charge on any atom is -0.458 e. The zero-order valence-electron chi connectivity index (χ0n) is 23.4. The third-order valence-electron chi connectivity index (χ3n) is 10.2. The molecule has 210 valence electrons. The first-order valence-electron chi connectivity index (χ1n) is 14.0. The minimum atomic E-state index is -2.01. The van der Waals surface area contributed by atoms with Crippen molar-refractivity contribution in [3.63, 3.8) is 0 Å². The highest BCUT2D eigenvalue weighted by atomic mass is 16.8. The lowest BCUT2D eigenvalue weighted by Crippen LogP contribution is -2.81. The predicted octanol–water partition coefficient (Wildman–Crippen LogP) is 4.19. The number of allylic oxidation sites excluding steroid dienone is 1. The van der Waals surface area contributed by atoms with Gasteiger partial charge in [0.25, 0.3) is 5.79 Å². The van der Waals surface area contributed by atoms with Crippen LogP contribution in [0.1, 0.15) is 86.0 Å². The fourth-order valence-electron chi connectivity index (χ4n) is 7.76. The Labute approximate surface area is 225 Å². The minimum absolute atomic E-state index is 0.0471. The van der Waals surface area contributed by atoms with E-state index < -0.39 is 28.7 Å². The number of rotatable bonds is 6. The van der Waals surface area contributed by atoms with E-state index in [1.165, 1.54) is 0 Å². The first-order chi connectivity index (χ1) is 17.6. The molecule has 38 heavy (non-hydrogen) atoms. The van der Waals surface area contributed by atoms with Crippen molar-refractivity contribution >= 4 is 17.5 Å². The molecule has 4 saturated heterocycles. The summed E-state index contributed by atoms with van der Waals surface area (Å²) < 4.78 is 23.7. The SMILES string of the molecule is C=C1CC[C@@H](CC[C@H]2CC[C@]3(OC2)O[C@@]2(O)C(=O)C[C@]3(C)OC2(C)C)C(C)(C)[C@H]1C(=O)CC1=CCOC1=O. The lowest BCUT2D eigenvalue weighted by atomic mass is 9.57. The quantitative estimate of drug-likeness (QED) is 0.402. The molecule has 1 N–H and O–H groups in total. The summed E-state index contributed by atoms with van der Waals surface area (Å²) in [5.74, 6) is -3.50. The second-order valence-corrected chi connectivity index (χ2v) is 13.4. The van der Waals surface area contributed by atoms with Crippen LogP contribution >= 0.6 is 0 Å². The Balaban J connectivity index is 1.20. The molecule has 2 bridgehead atoms. The summed E-state index contributed by atoms with van der Waals surface area (Å²) in [5.41, 5.74) is -0.959. The normalized spacial score (nSPS) is 41.8. The summed E-state index contributed by atoms with van der Waals surface area (Å²) in [5, 5.41) is 11.1. The van der Waals surface area contributed by atoms with Gasteiger partial charge in [-0.3, -0.25) is 9.59 Å². The van der Waals surface area contributed by atoms with Gasteiger partial charge >= 0.3 is 5.97 Å². The van der Waals surface area contributed by atoms with Crippen LogP contribution in [0.3, 0.4) is 0 Å². The number of carbonyl (C=O) groups is 3. The molecule has 8 nitrogen and oxygen atoms in total. The smallest absolute Gasteiger partial charge is 0.334 e. The van der Waals surface area contributed by atoms with E-state index in [4.69, 9.17) is 18.9 Å². The summed E-state index contributed by atoms with van der Waals surface area (Å²) in [6.45, 7) is 14.5. The number of hydrogen-bond donors (Lipinski definition) is 1. The maximum atomic E-state index is 13.3. The van der Waals surface area contributed by atoms with Crippen LogP contribution in [0.25, 0.3) is 0 Å². The lowest BCUT2D eigenvalue weighted by Gasteiger charge is -2.65.